The predicted molar refractivity (Wildman–Crippen MR) is 110 cm³/mol. The first kappa shape index (κ1) is 21.5. The molecule has 0 saturated carbocycles. The second kappa shape index (κ2) is 9.54. The number of Topliss-reactive ketones (excluding diaryl/α,β-unsaturated/α-hetero) is 1. The maximum absolute atomic E-state index is 13.5. The van der Waals surface area contributed by atoms with Gasteiger partial charge >= 0.3 is 0 Å². The molecule has 0 radical (unpaired) electrons. The van der Waals surface area contributed by atoms with E-state index >= 15 is 0 Å². The molecular weight excluding hydrogens is 389 g/mol. The van der Waals surface area contributed by atoms with Gasteiger partial charge in [0.05, 0.1) is 18.2 Å². The highest BCUT2D eigenvalue weighted by atomic mass is 19.1. The fourth-order valence-corrected chi connectivity index (χ4v) is 3.54. The number of aliphatic hydroxyl groups is 1. The lowest BCUT2D eigenvalue weighted by molar-refractivity contribution is -0.140. The van der Waals surface area contributed by atoms with Crippen molar-refractivity contribution in [1.82, 2.24) is 4.90 Å². The van der Waals surface area contributed by atoms with Gasteiger partial charge in [0.25, 0.3) is 11.7 Å². The Morgan fingerprint density at radius 2 is 1.90 bits per heavy atom. The summed E-state index contributed by atoms with van der Waals surface area (Å²) in [4.78, 5) is 27.0. The fraction of sp³-hybridized carbons (Fsp3) is 0.304. The Bertz CT molecular complexity index is 954. The minimum Gasteiger partial charge on any atom is -0.507 e. The lowest BCUT2D eigenvalue weighted by Gasteiger charge is -2.25. The summed E-state index contributed by atoms with van der Waals surface area (Å²) < 4.78 is 24.0. The predicted octanol–water partition coefficient (Wildman–Crippen LogP) is 3.68. The zero-order valence-electron chi connectivity index (χ0n) is 16.9. The van der Waals surface area contributed by atoms with E-state index in [1.165, 1.54) is 29.2 Å². The Morgan fingerprint density at radius 3 is 2.57 bits per heavy atom. The SMILES string of the molecule is CCOc1cccc(/C(O)=C2/C(=O)C(=O)N(CCCOC)C2c2ccc(F)cc2)c1. The van der Waals surface area contributed by atoms with E-state index in [0.717, 1.165) is 0 Å². The number of halogens is 1. The molecule has 0 spiro atoms. The van der Waals surface area contributed by atoms with E-state index in [1.807, 2.05) is 6.92 Å². The fourth-order valence-electron chi connectivity index (χ4n) is 3.54. The molecule has 0 aromatic heterocycles. The average molecular weight is 413 g/mol. The van der Waals surface area contributed by atoms with E-state index in [-0.39, 0.29) is 17.9 Å². The molecule has 1 heterocycles. The molecule has 1 fully saturated rings. The highest BCUT2D eigenvalue weighted by Gasteiger charge is 2.45. The summed E-state index contributed by atoms with van der Waals surface area (Å²) in [7, 11) is 1.55. The van der Waals surface area contributed by atoms with Crippen molar-refractivity contribution in [2.75, 3.05) is 26.9 Å². The molecule has 1 saturated heterocycles. The van der Waals surface area contributed by atoms with Crippen LogP contribution in [0.15, 0.2) is 54.1 Å². The number of benzene rings is 2. The number of hydrogen-bond acceptors (Lipinski definition) is 5. The minimum absolute atomic E-state index is 0.0299. The molecule has 3 rings (SSSR count). The molecule has 0 aliphatic carbocycles. The van der Waals surface area contributed by atoms with Crippen LogP contribution in [0.4, 0.5) is 4.39 Å². The third-order valence-electron chi connectivity index (χ3n) is 4.89. The van der Waals surface area contributed by atoms with Crippen molar-refractivity contribution < 1.29 is 28.6 Å². The Morgan fingerprint density at radius 1 is 1.17 bits per heavy atom. The third-order valence-corrected chi connectivity index (χ3v) is 4.89. The van der Waals surface area contributed by atoms with Gasteiger partial charge in [-0.05, 0) is 43.2 Å². The van der Waals surface area contributed by atoms with Gasteiger partial charge in [-0.3, -0.25) is 9.59 Å². The van der Waals surface area contributed by atoms with Crippen molar-refractivity contribution in [2.45, 2.75) is 19.4 Å². The molecule has 0 bridgehead atoms. The molecule has 1 N–H and O–H groups in total. The number of rotatable bonds is 8. The normalized spacial score (nSPS) is 18.1. The van der Waals surface area contributed by atoms with Crippen LogP contribution in [0.25, 0.3) is 5.76 Å². The molecular formula is C23H24FNO5. The van der Waals surface area contributed by atoms with Crippen LogP contribution < -0.4 is 4.74 Å². The first-order valence-electron chi connectivity index (χ1n) is 9.74. The van der Waals surface area contributed by atoms with E-state index in [2.05, 4.69) is 0 Å². The van der Waals surface area contributed by atoms with Crippen molar-refractivity contribution >= 4 is 17.4 Å². The number of nitrogens with zero attached hydrogens (tertiary/aromatic N) is 1. The zero-order chi connectivity index (χ0) is 21.7. The van der Waals surface area contributed by atoms with Gasteiger partial charge in [0.1, 0.15) is 17.3 Å². The van der Waals surface area contributed by atoms with Crippen LogP contribution in [-0.2, 0) is 14.3 Å². The van der Waals surface area contributed by atoms with Gasteiger partial charge in [-0.1, -0.05) is 24.3 Å². The van der Waals surface area contributed by atoms with Crippen molar-refractivity contribution in [3.05, 3.63) is 71.0 Å². The van der Waals surface area contributed by atoms with Crippen molar-refractivity contribution in [2.24, 2.45) is 0 Å². The van der Waals surface area contributed by atoms with Crippen molar-refractivity contribution in [3.8, 4) is 5.75 Å². The summed E-state index contributed by atoms with van der Waals surface area (Å²) in [6, 6.07) is 11.4. The number of carbonyl (C=O) groups is 2. The smallest absolute Gasteiger partial charge is 0.295 e. The summed E-state index contributed by atoms with van der Waals surface area (Å²) in [6.07, 6.45) is 0.515. The van der Waals surface area contributed by atoms with Crippen LogP contribution in [-0.4, -0.2) is 48.6 Å². The molecule has 1 aliphatic heterocycles. The minimum atomic E-state index is -0.821. The van der Waals surface area contributed by atoms with Gasteiger partial charge in [0.2, 0.25) is 0 Å². The number of ketones is 1. The Balaban J connectivity index is 2.10. The summed E-state index contributed by atoms with van der Waals surface area (Å²) in [5.74, 6) is -1.67. The zero-order valence-corrected chi connectivity index (χ0v) is 16.9. The van der Waals surface area contributed by atoms with Gasteiger partial charge in [0.15, 0.2) is 0 Å². The largest absolute Gasteiger partial charge is 0.507 e. The van der Waals surface area contributed by atoms with Crippen LogP contribution in [0.5, 0.6) is 5.75 Å². The average Bonchev–Trinajstić information content (AvgIpc) is 2.99. The summed E-state index contributed by atoms with van der Waals surface area (Å²) in [5.41, 5.74) is 0.871. The molecule has 158 valence electrons. The number of methoxy groups -OCH3 is 1. The lowest BCUT2D eigenvalue weighted by atomic mass is 9.95. The number of ether oxygens (including phenoxy) is 2. The molecule has 2 aromatic carbocycles. The highest BCUT2D eigenvalue weighted by molar-refractivity contribution is 6.46. The quantitative estimate of drug-likeness (QED) is 0.309. The monoisotopic (exact) mass is 413 g/mol. The number of carbonyl (C=O) groups excluding carboxylic acids is 2. The second-order valence-corrected chi connectivity index (χ2v) is 6.85. The maximum atomic E-state index is 13.5. The Kier molecular flexibility index (Phi) is 6.84. The van der Waals surface area contributed by atoms with Crippen molar-refractivity contribution in [3.63, 3.8) is 0 Å². The topological polar surface area (TPSA) is 76.1 Å². The maximum Gasteiger partial charge on any atom is 0.295 e. The van der Waals surface area contributed by atoms with E-state index in [1.54, 1.807) is 31.4 Å². The molecule has 2 aromatic rings. The first-order valence-corrected chi connectivity index (χ1v) is 9.74. The summed E-state index contributed by atoms with van der Waals surface area (Å²) >= 11 is 0. The van der Waals surface area contributed by atoms with Gasteiger partial charge < -0.3 is 19.5 Å². The van der Waals surface area contributed by atoms with Gasteiger partial charge in [0, 0.05) is 25.8 Å². The highest BCUT2D eigenvalue weighted by Crippen LogP contribution is 2.39. The van der Waals surface area contributed by atoms with Crippen molar-refractivity contribution in [1.29, 1.82) is 0 Å². The number of hydrogen-bond donors (Lipinski definition) is 1. The van der Waals surface area contributed by atoms with Gasteiger partial charge in [-0.2, -0.15) is 0 Å². The van der Waals surface area contributed by atoms with Crippen LogP contribution in [0.1, 0.15) is 30.5 Å². The first-order chi connectivity index (χ1) is 14.5. The lowest BCUT2D eigenvalue weighted by Crippen LogP contribution is -2.31. The van der Waals surface area contributed by atoms with E-state index < -0.39 is 23.5 Å². The van der Waals surface area contributed by atoms with Crippen LogP contribution in [0.2, 0.25) is 0 Å². The van der Waals surface area contributed by atoms with Crippen LogP contribution in [0.3, 0.4) is 0 Å². The summed E-state index contributed by atoms with van der Waals surface area (Å²) in [6.45, 7) is 2.96. The van der Waals surface area contributed by atoms with Gasteiger partial charge in [-0.15, -0.1) is 0 Å². The molecule has 30 heavy (non-hydrogen) atoms. The number of amides is 1. The molecule has 7 heteroatoms. The molecule has 6 nitrogen and oxygen atoms in total. The molecule has 1 aliphatic rings. The summed E-state index contributed by atoms with van der Waals surface area (Å²) in [5, 5.41) is 11.0. The molecule has 1 atom stereocenters. The molecule has 1 amide bonds. The van der Waals surface area contributed by atoms with E-state index in [9.17, 15) is 19.1 Å². The van der Waals surface area contributed by atoms with Crippen LogP contribution in [0, 0.1) is 5.82 Å². The Hall–Kier alpha value is -3.19. The van der Waals surface area contributed by atoms with Crippen LogP contribution >= 0.6 is 0 Å². The Labute approximate surface area is 174 Å². The third kappa shape index (κ3) is 4.36. The standard InChI is InChI=1S/C23H24FNO5/c1-3-30-18-7-4-6-16(14-18)21(26)19-20(15-8-10-17(24)11-9-15)25(12-5-13-29-2)23(28)22(19)27/h4,6-11,14,20,26H,3,5,12-13H2,1-2H3/b21-19-. The second-order valence-electron chi connectivity index (χ2n) is 6.85. The number of likely N-dealkylation sites (tertiary alicyclic amines) is 1. The van der Waals surface area contributed by atoms with Gasteiger partial charge in [-0.25, -0.2) is 4.39 Å². The van der Waals surface area contributed by atoms with E-state index in [4.69, 9.17) is 9.47 Å². The molecule has 1 unspecified atom stereocenters. The number of aliphatic hydroxyl groups excluding tert-OH is 1. The van der Waals surface area contributed by atoms with E-state index in [0.29, 0.717) is 36.5 Å².